The highest BCUT2D eigenvalue weighted by molar-refractivity contribution is 5.95. The number of benzene rings is 2. The number of nitrogens with zero attached hydrogens (tertiary/aromatic N) is 1. The molecule has 1 saturated heterocycles. The summed E-state index contributed by atoms with van der Waals surface area (Å²) in [6.07, 6.45) is -2.24. The maximum Gasteiger partial charge on any atom is 0.415 e. The number of carbonyl (C=O) groups is 2. The molecular formula is C16H12FNO5. The van der Waals surface area contributed by atoms with Crippen molar-refractivity contribution in [1.29, 1.82) is 0 Å². The van der Waals surface area contributed by atoms with Crippen LogP contribution in [0, 0.1) is 5.82 Å². The van der Waals surface area contributed by atoms with E-state index in [1.165, 1.54) is 48.5 Å². The Bertz CT molecular complexity index is 744. The lowest BCUT2D eigenvalue weighted by Gasteiger charge is -2.23. The predicted molar refractivity (Wildman–Crippen MR) is 77.6 cm³/mol. The maximum atomic E-state index is 13.1. The number of rotatable bonds is 3. The summed E-state index contributed by atoms with van der Waals surface area (Å²) in [5.74, 6) is -1.75. The van der Waals surface area contributed by atoms with Crippen LogP contribution in [0.5, 0.6) is 5.75 Å². The Hall–Kier alpha value is -3.09. The molecule has 2 atom stereocenters. The average Bonchev–Trinajstić information content (AvgIpc) is 2.87. The van der Waals surface area contributed by atoms with E-state index in [4.69, 9.17) is 4.74 Å². The van der Waals surface area contributed by atoms with Crippen LogP contribution in [0.15, 0.2) is 48.5 Å². The summed E-state index contributed by atoms with van der Waals surface area (Å²) in [6, 6.07) is 9.95. The van der Waals surface area contributed by atoms with Crippen molar-refractivity contribution in [3.63, 3.8) is 0 Å². The summed E-state index contributed by atoms with van der Waals surface area (Å²) in [5.41, 5.74) is 0.795. The van der Waals surface area contributed by atoms with Crippen LogP contribution in [0.1, 0.15) is 11.6 Å². The van der Waals surface area contributed by atoms with Gasteiger partial charge in [-0.25, -0.2) is 14.0 Å². The number of carboxylic acids is 1. The number of carbonyl (C=O) groups excluding carboxylic acids is 1. The van der Waals surface area contributed by atoms with Crippen molar-refractivity contribution in [2.45, 2.75) is 12.1 Å². The van der Waals surface area contributed by atoms with Gasteiger partial charge in [0, 0.05) is 5.69 Å². The van der Waals surface area contributed by atoms with Crippen LogP contribution in [-0.2, 0) is 9.53 Å². The number of amides is 1. The van der Waals surface area contributed by atoms with Crippen LogP contribution in [0.3, 0.4) is 0 Å². The van der Waals surface area contributed by atoms with Gasteiger partial charge in [0.05, 0.1) is 0 Å². The molecule has 0 saturated carbocycles. The number of hydrogen-bond donors (Lipinski definition) is 2. The lowest BCUT2D eigenvalue weighted by Crippen LogP contribution is -2.32. The summed E-state index contributed by atoms with van der Waals surface area (Å²) in [4.78, 5) is 24.7. The molecule has 6 nitrogen and oxygen atoms in total. The topological polar surface area (TPSA) is 87.1 Å². The quantitative estimate of drug-likeness (QED) is 0.909. The van der Waals surface area contributed by atoms with E-state index in [1.807, 2.05) is 0 Å². The fourth-order valence-electron chi connectivity index (χ4n) is 2.53. The minimum atomic E-state index is -1.41. The normalized spacial score (nSPS) is 20.4. The van der Waals surface area contributed by atoms with E-state index in [1.54, 1.807) is 0 Å². The molecule has 0 unspecified atom stereocenters. The van der Waals surface area contributed by atoms with Crippen LogP contribution in [0.25, 0.3) is 0 Å². The molecular weight excluding hydrogens is 305 g/mol. The summed E-state index contributed by atoms with van der Waals surface area (Å²) in [7, 11) is 0. The molecule has 23 heavy (non-hydrogen) atoms. The summed E-state index contributed by atoms with van der Waals surface area (Å²) in [6.45, 7) is 0. The van der Waals surface area contributed by atoms with E-state index in [0.29, 0.717) is 11.3 Å². The van der Waals surface area contributed by atoms with Crippen LogP contribution in [-0.4, -0.2) is 28.4 Å². The lowest BCUT2D eigenvalue weighted by atomic mass is 10.00. The first-order valence-corrected chi connectivity index (χ1v) is 6.74. The fraction of sp³-hybridized carbons (Fsp3) is 0.125. The van der Waals surface area contributed by atoms with E-state index in [9.17, 15) is 24.2 Å². The van der Waals surface area contributed by atoms with E-state index < -0.39 is 30.0 Å². The molecule has 2 N–H and O–H groups in total. The van der Waals surface area contributed by atoms with E-state index >= 15 is 0 Å². The Labute approximate surface area is 130 Å². The molecule has 0 spiro atoms. The smallest absolute Gasteiger partial charge is 0.415 e. The van der Waals surface area contributed by atoms with Gasteiger partial charge in [0.15, 0.2) is 0 Å². The van der Waals surface area contributed by atoms with Gasteiger partial charge >= 0.3 is 12.1 Å². The number of phenolic OH excluding ortho intramolecular Hbond substituents is 1. The lowest BCUT2D eigenvalue weighted by molar-refractivity contribution is -0.145. The van der Waals surface area contributed by atoms with Gasteiger partial charge in [-0.1, -0.05) is 12.1 Å². The van der Waals surface area contributed by atoms with Crippen molar-refractivity contribution in [2.75, 3.05) is 4.90 Å². The number of carboxylic acid groups (broad SMARTS) is 1. The highest BCUT2D eigenvalue weighted by Crippen LogP contribution is 2.38. The van der Waals surface area contributed by atoms with Gasteiger partial charge in [0.2, 0.25) is 6.10 Å². The van der Waals surface area contributed by atoms with Crippen molar-refractivity contribution in [3.8, 4) is 5.75 Å². The summed E-state index contributed by atoms with van der Waals surface area (Å²) >= 11 is 0. The van der Waals surface area contributed by atoms with Crippen molar-refractivity contribution in [1.82, 2.24) is 0 Å². The van der Waals surface area contributed by atoms with Gasteiger partial charge in [-0.15, -0.1) is 0 Å². The van der Waals surface area contributed by atoms with Crippen LogP contribution < -0.4 is 4.90 Å². The van der Waals surface area contributed by atoms with Gasteiger partial charge in [-0.2, -0.15) is 0 Å². The minimum Gasteiger partial charge on any atom is -0.508 e. The zero-order chi connectivity index (χ0) is 16.6. The molecule has 1 aliphatic heterocycles. The maximum absolute atomic E-state index is 13.1. The number of aliphatic carboxylic acids is 1. The Kier molecular flexibility index (Phi) is 3.61. The van der Waals surface area contributed by atoms with Crippen molar-refractivity contribution < 1.29 is 28.9 Å². The molecule has 1 aliphatic rings. The van der Waals surface area contributed by atoms with E-state index in [0.717, 1.165) is 4.90 Å². The Morgan fingerprint density at radius 2 is 1.70 bits per heavy atom. The van der Waals surface area contributed by atoms with Crippen LogP contribution in [0.2, 0.25) is 0 Å². The van der Waals surface area contributed by atoms with Crippen molar-refractivity contribution in [3.05, 3.63) is 59.9 Å². The third-order valence-electron chi connectivity index (χ3n) is 3.57. The number of halogens is 1. The third-order valence-corrected chi connectivity index (χ3v) is 3.57. The molecule has 0 radical (unpaired) electrons. The summed E-state index contributed by atoms with van der Waals surface area (Å²) < 4.78 is 18.0. The fourth-order valence-corrected chi connectivity index (χ4v) is 2.53. The predicted octanol–water partition coefficient (Wildman–Crippen LogP) is 2.68. The second kappa shape index (κ2) is 5.60. The second-order valence-corrected chi connectivity index (χ2v) is 5.03. The number of hydrogen-bond acceptors (Lipinski definition) is 4. The largest absolute Gasteiger partial charge is 0.508 e. The van der Waals surface area contributed by atoms with E-state index in [2.05, 4.69) is 0 Å². The molecule has 118 valence electrons. The number of ether oxygens (including phenoxy) is 1. The van der Waals surface area contributed by atoms with E-state index in [-0.39, 0.29) is 5.75 Å². The Morgan fingerprint density at radius 3 is 2.26 bits per heavy atom. The molecule has 1 heterocycles. The number of aromatic hydroxyl groups is 1. The second-order valence-electron chi connectivity index (χ2n) is 5.03. The van der Waals surface area contributed by atoms with Gasteiger partial charge in [0.25, 0.3) is 0 Å². The highest BCUT2D eigenvalue weighted by Gasteiger charge is 2.47. The first-order valence-electron chi connectivity index (χ1n) is 6.74. The van der Waals surface area contributed by atoms with Gasteiger partial charge in [-0.3, -0.25) is 4.90 Å². The standard InChI is InChI=1S/C16H12FNO5/c17-10-3-5-11(6-4-10)18-13(9-1-7-12(19)8-2-9)14(15(20)21)23-16(18)22/h1-8,13-14,19H,(H,20,21)/t13-,14+/m1/s1. The molecule has 0 bridgehead atoms. The molecule has 2 aromatic carbocycles. The average molecular weight is 317 g/mol. The van der Waals surface area contributed by atoms with Crippen molar-refractivity contribution in [2.24, 2.45) is 0 Å². The molecule has 3 rings (SSSR count). The first-order chi connectivity index (χ1) is 11.0. The molecule has 0 aromatic heterocycles. The zero-order valence-electron chi connectivity index (χ0n) is 11.7. The number of cyclic esters (lactones) is 1. The van der Waals surface area contributed by atoms with Crippen LogP contribution in [0.4, 0.5) is 14.9 Å². The minimum absolute atomic E-state index is 0.0131. The van der Waals surface area contributed by atoms with Crippen molar-refractivity contribution >= 4 is 17.7 Å². The SMILES string of the molecule is O=C(O)[C@H]1OC(=O)N(c2ccc(F)cc2)[C@@H]1c1ccc(O)cc1. The van der Waals surface area contributed by atoms with Gasteiger partial charge in [0.1, 0.15) is 17.6 Å². The highest BCUT2D eigenvalue weighted by atomic mass is 19.1. The zero-order valence-corrected chi connectivity index (χ0v) is 11.7. The monoisotopic (exact) mass is 317 g/mol. The Balaban J connectivity index is 2.07. The summed E-state index contributed by atoms with van der Waals surface area (Å²) in [5, 5.41) is 18.7. The first kappa shape index (κ1) is 14.8. The van der Waals surface area contributed by atoms with Crippen LogP contribution >= 0.6 is 0 Å². The molecule has 1 amide bonds. The van der Waals surface area contributed by atoms with Gasteiger partial charge in [-0.05, 0) is 42.0 Å². The molecule has 0 aliphatic carbocycles. The Morgan fingerprint density at radius 1 is 1.09 bits per heavy atom. The molecule has 1 fully saturated rings. The third kappa shape index (κ3) is 2.68. The number of anilines is 1. The molecule has 7 heteroatoms. The number of phenols is 1. The van der Waals surface area contributed by atoms with Gasteiger partial charge < -0.3 is 14.9 Å². The molecule has 2 aromatic rings.